The molecule has 9 heteroatoms. The Morgan fingerprint density at radius 2 is 1.85 bits per heavy atom. The van der Waals surface area contributed by atoms with Crippen LogP contribution in [0.5, 0.6) is 5.75 Å². The first-order chi connectivity index (χ1) is 16.4. The van der Waals surface area contributed by atoms with Crippen molar-refractivity contribution >= 4 is 33.2 Å². The zero-order valence-corrected chi connectivity index (χ0v) is 20.2. The Kier molecular flexibility index (Phi) is 7.53. The number of anilines is 2. The van der Waals surface area contributed by atoms with Crippen molar-refractivity contribution in [3.8, 4) is 5.75 Å². The number of rotatable bonds is 7. The molecule has 1 saturated heterocycles. The van der Waals surface area contributed by atoms with Crippen LogP contribution in [-0.2, 0) is 26.0 Å². The molecule has 0 radical (unpaired) electrons. The summed E-state index contributed by atoms with van der Waals surface area (Å²) in [5.41, 5.74) is 2.18. The van der Waals surface area contributed by atoms with E-state index in [0.29, 0.717) is 37.4 Å². The largest absolute Gasteiger partial charge is 0.495 e. The van der Waals surface area contributed by atoms with Crippen molar-refractivity contribution in [2.45, 2.75) is 49.8 Å². The lowest BCUT2D eigenvalue weighted by Gasteiger charge is -2.24. The third-order valence-electron chi connectivity index (χ3n) is 6.48. The molecule has 0 saturated carbocycles. The number of hydrogen-bond acceptors (Lipinski definition) is 5. The predicted molar refractivity (Wildman–Crippen MR) is 130 cm³/mol. The lowest BCUT2D eigenvalue weighted by molar-refractivity contribution is -0.121. The van der Waals surface area contributed by atoms with Crippen LogP contribution >= 0.6 is 0 Å². The van der Waals surface area contributed by atoms with Crippen molar-refractivity contribution < 1.29 is 22.7 Å². The summed E-state index contributed by atoms with van der Waals surface area (Å²) in [5.74, 6) is -0.298. The van der Waals surface area contributed by atoms with E-state index in [1.54, 1.807) is 6.07 Å². The zero-order chi connectivity index (χ0) is 24.1. The summed E-state index contributed by atoms with van der Waals surface area (Å²) in [6.45, 7) is 1.01. The summed E-state index contributed by atoms with van der Waals surface area (Å²) in [6, 6.07) is 12.2. The molecule has 1 atom stereocenters. The minimum atomic E-state index is -3.66. The summed E-state index contributed by atoms with van der Waals surface area (Å²) >= 11 is 0. The van der Waals surface area contributed by atoms with E-state index in [1.807, 2.05) is 24.3 Å². The molecule has 2 aliphatic rings. The van der Waals surface area contributed by atoms with Crippen LogP contribution in [0.4, 0.5) is 11.4 Å². The molecule has 8 nitrogen and oxygen atoms in total. The van der Waals surface area contributed by atoms with Crippen LogP contribution in [0, 0.1) is 5.92 Å². The molecule has 2 amide bonds. The third kappa shape index (κ3) is 5.42. The van der Waals surface area contributed by atoms with Gasteiger partial charge in [0.1, 0.15) is 5.75 Å². The normalized spacial score (nSPS) is 19.0. The number of fused-ring (bicyclic) bond motifs is 1. The van der Waals surface area contributed by atoms with Crippen LogP contribution < -0.4 is 15.4 Å². The second-order valence-electron chi connectivity index (χ2n) is 8.81. The van der Waals surface area contributed by atoms with Gasteiger partial charge in [-0.2, -0.15) is 4.31 Å². The minimum absolute atomic E-state index is 0.0883. The highest BCUT2D eigenvalue weighted by molar-refractivity contribution is 7.89. The molecule has 0 aromatic heterocycles. The van der Waals surface area contributed by atoms with E-state index in [0.717, 1.165) is 36.9 Å². The van der Waals surface area contributed by atoms with Gasteiger partial charge in [-0.05, 0) is 55.5 Å². The minimum Gasteiger partial charge on any atom is -0.495 e. The standard InChI is InChI=1S/C25H31N3O5S/c1-33-23-12-11-20(34(31,32)28-14-6-2-3-7-15-28)17-22(23)26-24(29)13-10-19-16-18-8-4-5-9-21(18)27-25(19)30/h4-5,8-9,11-12,17,19H,2-3,6-7,10,13-16H2,1H3,(H,26,29)(H,27,30). The average Bonchev–Trinajstić information content (AvgIpc) is 3.13. The third-order valence-corrected chi connectivity index (χ3v) is 8.37. The van der Waals surface area contributed by atoms with Crippen molar-refractivity contribution in [2.24, 2.45) is 5.92 Å². The van der Waals surface area contributed by atoms with Gasteiger partial charge in [0.2, 0.25) is 21.8 Å². The van der Waals surface area contributed by atoms with Crippen LogP contribution in [0.25, 0.3) is 0 Å². The van der Waals surface area contributed by atoms with Crippen molar-refractivity contribution in [1.82, 2.24) is 4.31 Å². The maximum Gasteiger partial charge on any atom is 0.243 e. The molecule has 0 bridgehead atoms. The second-order valence-corrected chi connectivity index (χ2v) is 10.8. The van der Waals surface area contributed by atoms with Gasteiger partial charge in [-0.15, -0.1) is 0 Å². The molecule has 2 heterocycles. The van der Waals surface area contributed by atoms with E-state index >= 15 is 0 Å². The Balaban J connectivity index is 1.43. The van der Waals surface area contributed by atoms with Crippen LogP contribution in [0.15, 0.2) is 47.4 Å². The summed E-state index contributed by atoms with van der Waals surface area (Å²) in [6.07, 6.45) is 4.85. The summed E-state index contributed by atoms with van der Waals surface area (Å²) in [4.78, 5) is 25.3. The summed E-state index contributed by atoms with van der Waals surface area (Å²) in [7, 11) is -2.19. The highest BCUT2D eigenvalue weighted by Gasteiger charge is 2.28. The number of nitrogens with one attached hydrogen (secondary N) is 2. The van der Waals surface area contributed by atoms with Gasteiger partial charge in [0, 0.05) is 31.1 Å². The Morgan fingerprint density at radius 1 is 1.12 bits per heavy atom. The topological polar surface area (TPSA) is 105 Å². The molecule has 4 rings (SSSR count). The molecule has 2 aliphatic heterocycles. The van der Waals surface area contributed by atoms with Gasteiger partial charge in [-0.3, -0.25) is 9.59 Å². The van der Waals surface area contributed by atoms with Gasteiger partial charge >= 0.3 is 0 Å². The van der Waals surface area contributed by atoms with Gasteiger partial charge < -0.3 is 15.4 Å². The number of sulfonamides is 1. The quantitative estimate of drug-likeness (QED) is 0.621. The first kappa shape index (κ1) is 24.2. The molecule has 1 fully saturated rings. The lowest BCUT2D eigenvalue weighted by Crippen LogP contribution is -2.32. The summed E-state index contributed by atoms with van der Waals surface area (Å²) in [5, 5.41) is 5.68. The molecular formula is C25H31N3O5S. The molecule has 2 aromatic carbocycles. The number of ether oxygens (including phenoxy) is 1. The van der Waals surface area contributed by atoms with Gasteiger partial charge in [0.15, 0.2) is 0 Å². The maximum atomic E-state index is 13.2. The molecule has 2 aromatic rings. The molecule has 34 heavy (non-hydrogen) atoms. The van der Waals surface area contributed by atoms with Gasteiger partial charge in [-0.25, -0.2) is 8.42 Å². The highest BCUT2D eigenvalue weighted by Crippen LogP contribution is 2.31. The Hall–Kier alpha value is -2.91. The predicted octanol–water partition coefficient (Wildman–Crippen LogP) is 3.79. The van der Waals surface area contributed by atoms with Gasteiger partial charge in [0.25, 0.3) is 0 Å². The number of methoxy groups -OCH3 is 1. The van der Waals surface area contributed by atoms with Crippen LogP contribution in [0.3, 0.4) is 0 Å². The van der Waals surface area contributed by atoms with Gasteiger partial charge in [0.05, 0.1) is 17.7 Å². The Labute approximate surface area is 200 Å². The average molecular weight is 486 g/mol. The monoisotopic (exact) mass is 485 g/mol. The SMILES string of the molecule is COc1ccc(S(=O)(=O)N2CCCCCC2)cc1NC(=O)CCC1Cc2ccccc2NC1=O. The number of carbonyl (C=O) groups excluding carboxylic acids is 2. The Morgan fingerprint density at radius 3 is 2.59 bits per heavy atom. The maximum absolute atomic E-state index is 13.2. The van der Waals surface area contributed by atoms with Crippen molar-refractivity contribution in [1.29, 1.82) is 0 Å². The number of benzene rings is 2. The number of carbonyl (C=O) groups is 2. The van der Waals surface area contributed by atoms with Crippen molar-refractivity contribution in [3.05, 3.63) is 48.0 Å². The van der Waals surface area contributed by atoms with E-state index < -0.39 is 10.0 Å². The molecule has 182 valence electrons. The highest BCUT2D eigenvalue weighted by atomic mass is 32.2. The molecule has 2 N–H and O–H groups in total. The lowest BCUT2D eigenvalue weighted by atomic mass is 9.89. The molecule has 0 spiro atoms. The van der Waals surface area contributed by atoms with Crippen LogP contribution in [0.1, 0.15) is 44.1 Å². The van der Waals surface area contributed by atoms with Crippen LogP contribution in [-0.4, -0.2) is 44.7 Å². The zero-order valence-electron chi connectivity index (χ0n) is 19.4. The molecular weight excluding hydrogens is 454 g/mol. The van der Waals surface area contributed by atoms with E-state index in [9.17, 15) is 18.0 Å². The number of amides is 2. The fourth-order valence-electron chi connectivity index (χ4n) is 4.54. The smallest absolute Gasteiger partial charge is 0.243 e. The second kappa shape index (κ2) is 10.6. The molecule has 1 unspecified atom stereocenters. The number of para-hydroxylation sites is 1. The number of nitrogens with zero attached hydrogens (tertiary/aromatic N) is 1. The van der Waals surface area contributed by atoms with E-state index in [4.69, 9.17) is 4.74 Å². The van der Waals surface area contributed by atoms with Crippen molar-refractivity contribution in [3.63, 3.8) is 0 Å². The van der Waals surface area contributed by atoms with E-state index in [2.05, 4.69) is 10.6 Å². The Bertz CT molecular complexity index is 1160. The fraction of sp³-hybridized carbons (Fsp3) is 0.440. The first-order valence-corrected chi connectivity index (χ1v) is 13.2. The summed E-state index contributed by atoms with van der Waals surface area (Å²) < 4.78 is 33.2. The van der Waals surface area contributed by atoms with Gasteiger partial charge in [-0.1, -0.05) is 31.0 Å². The van der Waals surface area contributed by atoms with Crippen molar-refractivity contribution in [2.75, 3.05) is 30.8 Å². The van der Waals surface area contributed by atoms with Crippen LogP contribution in [0.2, 0.25) is 0 Å². The van der Waals surface area contributed by atoms with E-state index in [1.165, 1.54) is 23.5 Å². The number of hydrogen-bond donors (Lipinski definition) is 2. The van der Waals surface area contributed by atoms with E-state index in [-0.39, 0.29) is 29.0 Å². The molecule has 0 aliphatic carbocycles. The first-order valence-electron chi connectivity index (χ1n) is 11.8. The fourth-order valence-corrected chi connectivity index (χ4v) is 6.08.